The average Bonchev–Trinajstić information content (AvgIpc) is 2.74. The van der Waals surface area contributed by atoms with E-state index in [1.807, 2.05) is 32.9 Å². The Morgan fingerprint density at radius 1 is 1.17 bits per heavy atom. The van der Waals surface area contributed by atoms with Gasteiger partial charge in [-0.1, -0.05) is 19.1 Å². The third-order valence-corrected chi connectivity index (χ3v) is 6.61. The largest absolute Gasteiger partial charge is 0.367 e. The van der Waals surface area contributed by atoms with Gasteiger partial charge in [0.25, 0.3) is 15.9 Å². The maximum absolute atomic E-state index is 13.1. The van der Waals surface area contributed by atoms with Gasteiger partial charge in [0.05, 0.1) is 16.3 Å². The summed E-state index contributed by atoms with van der Waals surface area (Å²) in [5.41, 5.74) is 2.47. The Kier molecular flexibility index (Phi) is 6.99. The minimum atomic E-state index is -3.79. The maximum Gasteiger partial charge on any atom is 0.261 e. The number of piperazine rings is 1. The van der Waals surface area contributed by atoms with Gasteiger partial charge in [-0.25, -0.2) is 8.42 Å². The summed E-state index contributed by atoms with van der Waals surface area (Å²) in [7, 11) is -3.79. The van der Waals surface area contributed by atoms with Crippen LogP contribution in [-0.4, -0.2) is 46.5 Å². The zero-order valence-corrected chi connectivity index (χ0v) is 18.6. The van der Waals surface area contributed by atoms with E-state index in [0.29, 0.717) is 11.3 Å². The lowest BCUT2D eigenvalue weighted by molar-refractivity contribution is 0.0939. The van der Waals surface area contributed by atoms with Gasteiger partial charge >= 0.3 is 0 Å². The van der Waals surface area contributed by atoms with Crippen molar-refractivity contribution in [1.82, 2.24) is 10.6 Å². The fraction of sp³-hybridized carbons (Fsp3) is 0.409. The van der Waals surface area contributed by atoms with Crippen molar-refractivity contribution in [1.29, 1.82) is 0 Å². The van der Waals surface area contributed by atoms with Crippen molar-refractivity contribution < 1.29 is 13.2 Å². The van der Waals surface area contributed by atoms with Crippen LogP contribution < -0.4 is 20.3 Å². The Hall–Kier alpha value is -2.58. The van der Waals surface area contributed by atoms with Gasteiger partial charge in [-0.15, -0.1) is 0 Å². The molecule has 2 aromatic carbocycles. The number of sulfonamides is 1. The molecule has 8 heteroatoms. The molecule has 3 rings (SSSR count). The van der Waals surface area contributed by atoms with Gasteiger partial charge in [0.15, 0.2) is 0 Å². The Morgan fingerprint density at radius 3 is 2.57 bits per heavy atom. The molecule has 3 N–H and O–H groups in total. The third kappa shape index (κ3) is 5.31. The average molecular weight is 431 g/mol. The Labute approximate surface area is 178 Å². The van der Waals surface area contributed by atoms with Crippen molar-refractivity contribution >= 4 is 27.3 Å². The predicted molar refractivity (Wildman–Crippen MR) is 121 cm³/mol. The molecule has 0 aliphatic carbocycles. The lowest BCUT2D eigenvalue weighted by atomic mass is 10.1. The summed E-state index contributed by atoms with van der Waals surface area (Å²) in [6.07, 6.45) is 0.817. The van der Waals surface area contributed by atoms with E-state index < -0.39 is 10.0 Å². The van der Waals surface area contributed by atoms with Crippen molar-refractivity contribution in [2.45, 2.75) is 38.1 Å². The molecule has 1 atom stereocenters. The minimum absolute atomic E-state index is 0.0396. The van der Waals surface area contributed by atoms with Crippen LogP contribution in [-0.2, 0) is 10.0 Å². The van der Waals surface area contributed by atoms with Gasteiger partial charge < -0.3 is 15.5 Å². The molecular weight excluding hydrogens is 400 g/mol. The number of nitrogens with zero attached hydrogens (tertiary/aromatic N) is 1. The summed E-state index contributed by atoms with van der Waals surface area (Å²) >= 11 is 0. The van der Waals surface area contributed by atoms with Gasteiger partial charge in [-0.05, 0) is 56.2 Å². The van der Waals surface area contributed by atoms with Crippen LogP contribution in [0.4, 0.5) is 11.4 Å². The molecule has 2 aromatic rings. The molecule has 30 heavy (non-hydrogen) atoms. The molecule has 1 aliphatic heterocycles. The lowest BCUT2D eigenvalue weighted by Crippen LogP contribution is -2.43. The van der Waals surface area contributed by atoms with E-state index in [0.717, 1.165) is 43.9 Å². The number of rotatable bonds is 7. The zero-order valence-electron chi connectivity index (χ0n) is 17.7. The molecule has 1 saturated heterocycles. The summed E-state index contributed by atoms with van der Waals surface area (Å²) in [6.45, 7) is 8.95. The molecule has 0 unspecified atom stereocenters. The first kappa shape index (κ1) is 22.1. The fourth-order valence-corrected chi connectivity index (χ4v) is 4.51. The number of aryl methyl sites for hydroxylation is 1. The Balaban J connectivity index is 1.97. The number of hydrogen-bond donors (Lipinski definition) is 3. The van der Waals surface area contributed by atoms with Crippen LogP contribution in [0, 0.1) is 6.92 Å². The number of amides is 1. The quantitative estimate of drug-likeness (QED) is 0.628. The van der Waals surface area contributed by atoms with Crippen molar-refractivity contribution in [3.63, 3.8) is 0 Å². The second kappa shape index (κ2) is 9.49. The van der Waals surface area contributed by atoms with Crippen LogP contribution in [0.2, 0.25) is 0 Å². The molecule has 0 spiro atoms. The van der Waals surface area contributed by atoms with Crippen LogP contribution >= 0.6 is 0 Å². The number of hydrogen-bond acceptors (Lipinski definition) is 5. The Bertz CT molecular complexity index is 1000. The van der Waals surface area contributed by atoms with Gasteiger partial charge in [0, 0.05) is 37.8 Å². The van der Waals surface area contributed by atoms with Crippen LogP contribution in [0.5, 0.6) is 0 Å². The molecule has 1 amide bonds. The van der Waals surface area contributed by atoms with E-state index in [2.05, 4.69) is 20.3 Å². The normalized spacial score (nSPS) is 15.5. The molecule has 0 bridgehead atoms. The van der Waals surface area contributed by atoms with Gasteiger partial charge in [0.1, 0.15) is 0 Å². The van der Waals surface area contributed by atoms with Crippen LogP contribution in [0.1, 0.15) is 36.2 Å². The predicted octanol–water partition coefficient (Wildman–Crippen LogP) is 2.73. The second-order valence-corrected chi connectivity index (χ2v) is 9.36. The summed E-state index contributed by atoms with van der Waals surface area (Å²) in [4.78, 5) is 14.9. The highest BCUT2D eigenvalue weighted by molar-refractivity contribution is 7.92. The molecular formula is C22H30N4O3S. The molecule has 0 saturated carbocycles. The van der Waals surface area contributed by atoms with Crippen molar-refractivity contribution in [2.75, 3.05) is 35.8 Å². The second-order valence-electron chi connectivity index (χ2n) is 7.67. The highest BCUT2D eigenvalue weighted by atomic mass is 32.2. The molecule has 0 aromatic heterocycles. The molecule has 162 valence electrons. The first-order chi connectivity index (χ1) is 14.3. The summed E-state index contributed by atoms with van der Waals surface area (Å²) < 4.78 is 28.8. The minimum Gasteiger partial charge on any atom is -0.367 e. The van der Waals surface area contributed by atoms with Gasteiger partial charge in [0.2, 0.25) is 0 Å². The zero-order chi connectivity index (χ0) is 21.7. The van der Waals surface area contributed by atoms with E-state index in [4.69, 9.17) is 0 Å². The van der Waals surface area contributed by atoms with Crippen LogP contribution in [0.3, 0.4) is 0 Å². The van der Waals surface area contributed by atoms with Crippen molar-refractivity contribution in [2.24, 2.45) is 0 Å². The summed E-state index contributed by atoms with van der Waals surface area (Å²) in [6, 6.07) is 12.0. The number of carbonyl (C=O) groups excluding carboxylic acids is 1. The fourth-order valence-electron chi connectivity index (χ4n) is 3.34. The van der Waals surface area contributed by atoms with E-state index in [-0.39, 0.29) is 16.8 Å². The number of carbonyl (C=O) groups is 1. The lowest BCUT2D eigenvalue weighted by Gasteiger charge is -2.31. The van der Waals surface area contributed by atoms with E-state index in [9.17, 15) is 13.2 Å². The topological polar surface area (TPSA) is 90.5 Å². The van der Waals surface area contributed by atoms with E-state index >= 15 is 0 Å². The molecule has 1 aliphatic rings. The van der Waals surface area contributed by atoms with Crippen LogP contribution in [0.25, 0.3) is 0 Å². The number of anilines is 2. The number of benzene rings is 2. The summed E-state index contributed by atoms with van der Waals surface area (Å²) in [5, 5.41) is 6.23. The highest BCUT2D eigenvalue weighted by Crippen LogP contribution is 2.30. The number of nitrogens with one attached hydrogen (secondary N) is 3. The Morgan fingerprint density at radius 2 is 1.90 bits per heavy atom. The molecule has 0 radical (unpaired) electrons. The maximum atomic E-state index is 13.1. The van der Waals surface area contributed by atoms with Gasteiger partial charge in [-0.2, -0.15) is 0 Å². The van der Waals surface area contributed by atoms with Crippen molar-refractivity contribution in [3.8, 4) is 0 Å². The van der Waals surface area contributed by atoms with E-state index in [1.54, 1.807) is 30.3 Å². The molecule has 1 fully saturated rings. The first-order valence-corrected chi connectivity index (χ1v) is 11.8. The van der Waals surface area contributed by atoms with E-state index in [1.165, 1.54) is 0 Å². The van der Waals surface area contributed by atoms with Gasteiger partial charge in [-0.3, -0.25) is 9.52 Å². The SMILES string of the molecule is CC[C@H](C)NC(=O)c1ccc(N2CCNCC2)c(NS(=O)(=O)c2cccc(C)c2)c1. The standard InChI is InChI=1S/C22H30N4O3S/c1-4-17(3)24-22(27)18-8-9-21(26-12-10-23-11-13-26)20(15-18)25-30(28,29)19-7-5-6-16(2)14-19/h5-9,14-15,17,23,25H,4,10-13H2,1-3H3,(H,24,27)/t17-/m0/s1. The monoisotopic (exact) mass is 430 g/mol. The molecule has 7 nitrogen and oxygen atoms in total. The third-order valence-electron chi connectivity index (χ3n) is 5.25. The molecule has 1 heterocycles. The highest BCUT2D eigenvalue weighted by Gasteiger charge is 2.21. The summed E-state index contributed by atoms with van der Waals surface area (Å²) in [5.74, 6) is -0.216. The smallest absolute Gasteiger partial charge is 0.261 e. The van der Waals surface area contributed by atoms with Crippen LogP contribution in [0.15, 0.2) is 47.4 Å². The first-order valence-electron chi connectivity index (χ1n) is 10.3. The van der Waals surface area contributed by atoms with Crippen molar-refractivity contribution in [3.05, 3.63) is 53.6 Å².